The van der Waals surface area contributed by atoms with E-state index in [0.29, 0.717) is 11.3 Å². The van der Waals surface area contributed by atoms with Gasteiger partial charge in [-0.15, -0.1) is 0 Å². The first-order chi connectivity index (χ1) is 12.4. The predicted molar refractivity (Wildman–Crippen MR) is 89.7 cm³/mol. The Labute approximate surface area is 149 Å². The van der Waals surface area contributed by atoms with Crippen molar-refractivity contribution in [2.24, 2.45) is 0 Å². The molecule has 2 rings (SSSR count). The summed E-state index contributed by atoms with van der Waals surface area (Å²) >= 11 is 0. The molecule has 136 valence electrons. The van der Waals surface area contributed by atoms with Gasteiger partial charge >= 0.3 is 12.0 Å². The lowest BCUT2D eigenvalue weighted by atomic mass is 10.2. The molecule has 1 fully saturated rings. The van der Waals surface area contributed by atoms with E-state index in [-0.39, 0.29) is 31.8 Å². The molecule has 0 spiro atoms. The summed E-state index contributed by atoms with van der Waals surface area (Å²) in [6.07, 6.45) is -0.849. The molecule has 9 heteroatoms. The molecule has 1 aliphatic heterocycles. The fourth-order valence-electron chi connectivity index (χ4n) is 2.30. The molecule has 1 atom stereocenters. The maximum absolute atomic E-state index is 12.1. The van der Waals surface area contributed by atoms with E-state index in [1.807, 2.05) is 6.07 Å². The van der Waals surface area contributed by atoms with Crippen molar-refractivity contribution in [1.82, 2.24) is 10.2 Å². The van der Waals surface area contributed by atoms with Gasteiger partial charge in [-0.3, -0.25) is 19.3 Å². The zero-order valence-electron chi connectivity index (χ0n) is 14.2. The molecule has 1 unspecified atom stereocenters. The lowest BCUT2D eigenvalue weighted by Gasteiger charge is -2.15. The fourth-order valence-corrected chi connectivity index (χ4v) is 2.30. The summed E-state index contributed by atoms with van der Waals surface area (Å²) in [4.78, 5) is 47.7. The second kappa shape index (κ2) is 8.62. The minimum absolute atomic E-state index is 0.0370. The summed E-state index contributed by atoms with van der Waals surface area (Å²) < 4.78 is 5.04. The summed E-state index contributed by atoms with van der Waals surface area (Å²) in [7, 11) is 0. The van der Waals surface area contributed by atoms with E-state index in [4.69, 9.17) is 10.00 Å². The number of benzene rings is 1. The third-order valence-corrected chi connectivity index (χ3v) is 3.68. The van der Waals surface area contributed by atoms with Gasteiger partial charge < -0.3 is 15.4 Å². The van der Waals surface area contributed by atoms with Crippen LogP contribution in [0.3, 0.4) is 0 Å². The number of imide groups is 1. The Morgan fingerprint density at radius 1 is 1.38 bits per heavy atom. The molecule has 0 saturated carbocycles. The van der Waals surface area contributed by atoms with Crippen molar-refractivity contribution in [3.63, 3.8) is 0 Å². The summed E-state index contributed by atoms with van der Waals surface area (Å²) in [5.74, 6) is -1.52. The molecule has 4 amide bonds. The van der Waals surface area contributed by atoms with Crippen molar-refractivity contribution >= 4 is 29.5 Å². The largest absolute Gasteiger partial charge is 0.453 e. The fraction of sp³-hybridized carbons (Fsp3) is 0.353. The Kier molecular flexibility index (Phi) is 6.27. The van der Waals surface area contributed by atoms with Crippen molar-refractivity contribution in [2.75, 3.05) is 18.4 Å². The standard InChI is InChI=1S/C17H18N4O5/c1-11(16(24)20-13-6-3-2-5-12(13)9-18)26-15(23)7-4-8-21-14(22)10-19-17(21)25/h2-3,5-6,11H,4,7-8,10H2,1H3,(H,19,25)(H,20,24). The number of rotatable bonds is 7. The molecule has 1 aromatic carbocycles. The molecule has 0 aliphatic carbocycles. The van der Waals surface area contributed by atoms with Crippen LogP contribution < -0.4 is 10.6 Å². The van der Waals surface area contributed by atoms with Crippen LogP contribution in [-0.2, 0) is 19.1 Å². The van der Waals surface area contributed by atoms with Crippen molar-refractivity contribution in [3.8, 4) is 6.07 Å². The molecule has 1 aromatic rings. The van der Waals surface area contributed by atoms with Gasteiger partial charge in [0, 0.05) is 13.0 Å². The van der Waals surface area contributed by atoms with Crippen molar-refractivity contribution in [2.45, 2.75) is 25.9 Å². The molecular formula is C17H18N4O5. The summed E-state index contributed by atoms with van der Waals surface area (Å²) in [5, 5.41) is 13.9. The van der Waals surface area contributed by atoms with Crippen LogP contribution in [0.4, 0.5) is 10.5 Å². The second-order valence-corrected chi connectivity index (χ2v) is 5.59. The smallest absolute Gasteiger partial charge is 0.324 e. The van der Waals surface area contributed by atoms with Gasteiger partial charge in [-0.1, -0.05) is 12.1 Å². The van der Waals surface area contributed by atoms with Gasteiger partial charge in [-0.05, 0) is 25.5 Å². The third kappa shape index (κ3) is 4.80. The second-order valence-electron chi connectivity index (χ2n) is 5.59. The molecule has 0 bridgehead atoms. The first-order valence-electron chi connectivity index (χ1n) is 8.00. The van der Waals surface area contributed by atoms with E-state index in [2.05, 4.69) is 10.6 Å². The summed E-state index contributed by atoms with van der Waals surface area (Å²) in [5.41, 5.74) is 0.634. The molecule has 1 saturated heterocycles. The SMILES string of the molecule is CC(OC(=O)CCCN1C(=O)CNC1=O)C(=O)Nc1ccccc1C#N. The van der Waals surface area contributed by atoms with E-state index in [1.54, 1.807) is 24.3 Å². The van der Waals surface area contributed by atoms with Crippen LogP contribution in [0.5, 0.6) is 0 Å². The molecule has 1 aliphatic rings. The van der Waals surface area contributed by atoms with Crippen LogP contribution in [0, 0.1) is 11.3 Å². The highest BCUT2D eigenvalue weighted by molar-refractivity contribution is 6.02. The van der Waals surface area contributed by atoms with Crippen molar-refractivity contribution in [3.05, 3.63) is 29.8 Å². The van der Waals surface area contributed by atoms with Crippen LogP contribution in [-0.4, -0.2) is 47.9 Å². The van der Waals surface area contributed by atoms with E-state index in [9.17, 15) is 19.2 Å². The number of hydrogen-bond acceptors (Lipinski definition) is 6. The number of hydrogen-bond donors (Lipinski definition) is 2. The maximum Gasteiger partial charge on any atom is 0.324 e. The van der Waals surface area contributed by atoms with Gasteiger partial charge in [0.2, 0.25) is 5.91 Å². The number of carbonyl (C=O) groups excluding carboxylic acids is 4. The number of carbonyl (C=O) groups is 4. The van der Waals surface area contributed by atoms with Crippen LogP contribution in [0.2, 0.25) is 0 Å². The number of amides is 4. The zero-order chi connectivity index (χ0) is 19.1. The zero-order valence-corrected chi connectivity index (χ0v) is 14.2. The minimum Gasteiger partial charge on any atom is -0.453 e. The van der Waals surface area contributed by atoms with Gasteiger partial charge in [0.1, 0.15) is 6.07 Å². The number of ether oxygens (including phenoxy) is 1. The third-order valence-electron chi connectivity index (χ3n) is 3.68. The summed E-state index contributed by atoms with van der Waals surface area (Å²) in [6.45, 7) is 1.49. The van der Waals surface area contributed by atoms with Crippen LogP contribution in [0.25, 0.3) is 0 Å². The van der Waals surface area contributed by atoms with Crippen LogP contribution in [0.1, 0.15) is 25.3 Å². The molecule has 0 aromatic heterocycles. The number of esters is 1. The molecule has 9 nitrogen and oxygen atoms in total. The molecule has 0 radical (unpaired) electrons. The van der Waals surface area contributed by atoms with E-state index in [1.165, 1.54) is 6.92 Å². The van der Waals surface area contributed by atoms with E-state index in [0.717, 1.165) is 4.90 Å². The topological polar surface area (TPSA) is 129 Å². The average molecular weight is 358 g/mol. The molecular weight excluding hydrogens is 340 g/mol. The lowest BCUT2D eigenvalue weighted by molar-refractivity contribution is -0.153. The highest BCUT2D eigenvalue weighted by Crippen LogP contribution is 2.14. The molecule has 26 heavy (non-hydrogen) atoms. The van der Waals surface area contributed by atoms with Gasteiger partial charge in [-0.25, -0.2) is 4.79 Å². The number of para-hydroxylation sites is 1. The number of nitrogens with zero attached hydrogens (tertiary/aromatic N) is 2. The van der Waals surface area contributed by atoms with Gasteiger partial charge in [-0.2, -0.15) is 5.26 Å². The van der Waals surface area contributed by atoms with Crippen LogP contribution >= 0.6 is 0 Å². The van der Waals surface area contributed by atoms with E-state index >= 15 is 0 Å². The monoisotopic (exact) mass is 358 g/mol. The molecule has 2 N–H and O–H groups in total. The number of nitrogens with one attached hydrogen (secondary N) is 2. The van der Waals surface area contributed by atoms with Gasteiger partial charge in [0.05, 0.1) is 17.8 Å². The maximum atomic E-state index is 12.1. The average Bonchev–Trinajstić information content (AvgIpc) is 2.94. The predicted octanol–water partition coefficient (Wildman–Crippen LogP) is 0.760. The Bertz CT molecular complexity index is 755. The first kappa shape index (κ1) is 18.9. The normalized spacial score (nSPS) is 14.4. The van der Waals surface area contributed by atoms with Crippen molar-refractivity contribution < 1.29 is 23.9 Å². The van der Waals surface area contributed by atoms with Crippen molar-refractivity contribution in [1.29, 1.82) is 5.26 Å². The highest BCUT2D eigenvalue weighted by Gasteiger charge is 2.28. The lowest BCUT2D eigenvalue weighted by Crippen LogP contribution is -2.33. The minimum atomic E-state index is -1.05. The Hall–Kier alpha value is -3.41. The van der Waals surface area contributed by atoms with Gasteiger partial charge in [0.15, 0.2) is 6.10 Å². The van der Waals surface area contributed by atoms with E-state index < -0.39 is 24.0 Å². The van der Waals surface area contributed by atoms with Crippen LogP contribution in [0.15, 0.2) is 24.3 Å². The highest BCUT2D eigenvalue weighted by atomic mass is 16.5. The first-order valence-corrected chi connectivity index (χ1v) is 8.00. The van der Waals surface area contributed by atoms with Gasteiger partial charge in [0.25, 0.3) is 5.91 Å². The Balaban J connectivity index is 1.77. The number of nitriles is 1. The Morgan fingerprint density at radius 2 is 2.12 bits per heavy atom. The summed E-state index contributed by atoms with van der Waals surface area (Å²) in [6, 6.07) is 7.95. The Morgan fingerprint density at radius 3 is 2.77 bits per heavy atom. The number of anilines is 1. The quantitative estimate of drug-likeness (QED) is 0.547. The molecule has 1 heterocycles. The number of urea groups is 1.